The molecule has 0 aliphatic carbocycles. The first-order valence-corrected chi connectivity index (χ1v) is 7.06. The van der Waals surface area contributed by atoms with Crippen molar-refractivity contribution in [2.45, 2.75) is 38.8 Å². The third-order valence-corrected chi connectivity index (χ3v) is 4.14. The highest BCUT2D eigenvalue weighted by atomic mass is 15.1. The highest BCUT2D eigenvalue weighted by Gasteiger charge is 2.17. The molecule has 0 unspecified atom stereocenters. The van der Waals surface area contributed by atoms with E-state index in [1.54, 1.807) is 0 Å². The van der Waals surface area contributed by atoms with E-state index in [-0.39, 0.29) is 0 Å². The van der Waals surface area contributed by atoms with Gasteiger partial charge in [-0.25, -0.2) is 0 Å². The van der Waals surface area contributed by atoms with Gasteiger partial charge in [-0.05, 0) is 62.6 Å². The first-order chi connectivity index (χ1) is 8.83. The summed E-state index contributed by atoms with van der Waals surface area (Å²) in [7, 11) is 4.04. The minimum atomic E-state index is 0.977. The van der Waals surface area contributed by atoms with Crippen molar-refractivity contribution in [1.82, 2.24) is 14.8 Å². The molecule has 1 aromatic rings. The molecule has 3 rings (SSSR count). The van der Waals surface area contributed by atoms with E-state index in [0.717, 1.165) is 26.1 Å². The van der Waals surface area contributed by atoms with Gasteiger partial charge in [0.1, 0.15) is 0 Å². The molecule has 0 saturated carbocycles. The Hall–Kier alpha value is -0.930. The molecule has 2 aliphatic rings. The van der Waals surface area contributed by atoms with Crippen molar-refractivity contribution in [3.63, 3.8) is 0 Å². The van der Waals surface area contributed by atoms with E-state index in [1.807, 2.05) is 6.20 Å². The van der Waals surface area contributed by atoms with Crippen molar-refractivity contribution in [1.29, 1.82) is 0 Å². The smallest absolute Gasteiger partial charge is 0.0579 e. The number of likely N-dealkylation sites (tertiary alicyclic amines) is 1. The highest BCUT2D eigenvalue weighted by molar-refractivity contribution is 5.32. The molecule has 0 radical (unpaired) electrons. The molecule has 3 heteroatoms. The summed E-state index contributed by atoms with van der Waals surface area (Å²) in [6, 6.07) is 2.16. The molecular formula is C15H22N3-. The molecule has 0 N–H and O–H groups in total. The monoisotopic (exact) mass is 244 g/mol. The van der Waals surface area contributed by atoms with Crippen molar-refractivity contribution in [2.24, 2.45) is 0 Å². The Morgan fingerprint density at radius 1 is 1.17 bits per heavy atom. The summed E-state index contributed by atoms with van der Waals surface area (Å²) >= 11 is 0. The van der Waals surface area contributed by atoms with Crippen LogP contribution in [0.4, 0.5) is 0 Å². The van der Waals surface area contributed by atoms with Gasteiger partial charge < -0.3 is 4.90 Å². The summed E-state index contributed by atoms with van der Waals surface area (Å²) in [6.45, 7) is 5.57. The molecule has 18 heavy (non-hydrogen) atoms. The van der Waals surface area contributed by atoms with Crippen LogP contribution in [0.2, 0.25) is 0 Å². The van der Waals surface area contributed by atoms with Crippen LogP contribution >= 0.6 is 0 Å². The standard InChI is InChI=1S/C15H22N3/c1-17-10-6-14-13(11-17)5-7-16-15(14)12-18-8-3-2-4-9-18/h5,7H,1-4,6,8-12H2/q-1. The highest BCUT2D eigenvalue weighted by Crippen LogP contribution is 2.22. The van der Waals surface area contributed by atoms with Gasteiger partial charge in [0.2, 0.25) is 0 Å². The Kier molecular flexibility index (Phi) is 3.62. The van der Waals surface area contributed by atoms with Crippen molar-refractivity contribution in [2.75, 3.05) is 19.6 Å². The lowest BCUT2D eigenvalue weighted by Crippen LogP contribution is -2.31. The maximum absolute atomic E-state index is 4.63. The van der Waals surface area contributed by atoms with Crippen LogP contribution in [-0.4, -0.2) is 34.4 Å². The lowest BCUT2D eigenvalue weighted by Gasteiger charge is -2.33. The Morgan fingerprint density at radius 2 is 2.00 bits per heavy atom. The van der Waals surface area contributed by atoms with Gasteiger partial charge in [0.15, 0.2) is 0 Å². The number of rotatable bonds is 2. The molecule has 1 aromatic heterocycles. The molecule has 1 saturated heterocycles. The van der Waals surface area contributed by atoms with E-state index in [2.05, 4.69) is 27.9 Å². The number of aromatic nitrogens is 1. The average molecular weight is 244 g/mol. The fourth-order valence-corrected chi connectivity index (χ4v) is 3.09. The van der Waals surface area contributed by atoms with Gasteiger partial charge in [-0.2, -0.15) is 0 Å². The number of pyridine rings is 1. The molecule has 1 fully saturated rings. The van der Waals surface area contributed by atoms with Gasteiger partial charge in [0, 0.05) is 12.7 Å². The van der Waals surface area contributed by atoms with Gasteiger partial charge in [0.25, 0.3) is 0 Å². The number of fused-ring (bicyclic) bond motifs is 1. The normalized spacial score (nSPS) is 21.8. The Labute approximate surface area is 110 Å². The first kappa shape index (κ1) is 12.1. The molecule has 0 atom stereocenters. The summed E-state index contributed by atoms with van der Waals surface area (Å²) < 4.78 is 0. The molecule has 98 valence electrons. The molecule has 0 bridgehead atoms. The zero-order chi connectivity index (χ0) is 12.4. The Bertz CT molecular complexity index is 410. The van der Waals surface area contributed by atoms with Crippen molar-refractivity contribution >= 4 is 0 Å². The second-order valence-corrected chi connectivity index (χ2v) is 5.53. The average Bonchev–Trinajstić information content (AvgIpc) is 2.40. The largest absolute Gasteiger partial charge is 0.455 e. The topological polar surface area (TPSA) is 19.4 Å². The molecule has 0 spiro atoms. The predicted octanol–water partition coefficient (Wildman–Crippen LogP) is 2.22. The van der Waals surface area contributed by atoms with Crippen molar-refractivity contribution in [3.8, 4) is 0 Å². The summed E-state index contributed by atoms with van der Waals surface area (Å²) in [5.74, 6) is 0. The van der Waals surface area contributed by atoms with Crippen LogP contribution in [0.5, 0.6) is 0 Å². The summed E-state index contributed by atoms with van der Waals surface area (Å²) in [5.41, 5.74) is 4.23. The van der Waals surface area contributed by atoms with Crippen LogP contribution in [0.3, 0.4) is 0 Å². The third kappa shape index (κ3) is 2.57. The predicted molar refractivity (Wildman–Crippen MR) is 72.8 cm³/mol. The van der Waals surface area contributed by atoms with E-state index in [0.29, 0.717) is 0 Å². The zero-order valence-corrected chi connectivity index (χ0v) is 11.1. The van der Waals surface area contributed by atoms with Gasteiger partial charge in [-0.1, -0.05) is 6.42 Å². The quantitative estimate of drug-likeness (QED) is 0.744. The lowest BCUT2D eigenvalue weighted by atomic mass is 9.98. The van der Waals surface area contributed by atoms with Crippen molar-refractivity contribution < 1.29 is 0 Å². The second-order valence-electron chi connectivity index (χ2n) is 5.53. The molecule has 3 heterocycles. The first-order valence-electron chi connectivity index (χ1n) is 7.06. The molecular weight excluding hydrogens is 222 g/mol. The van der Waals surface area contributed by atoms with Crippen LogP contribution in [-0.2, 0) is 19.5 Å². The van der Waals surface area contributed by atoms with Gasteiger partial charge in [0.05, 0.1) is 5.69 Å². The Balaban J connectivity index is 1.77. The number of hydrogen-bond donors (Lipinski definition) is 0. The summed E-state index contributed by atoms with van der Waals surface area (Å²) in [5, 5.41) is 0. The third-order valence-electron chi connectivity index (χ3n) is 4.14. The number of nitrogens with zero attached hydrogens (tertiary/aromatic N) is 3. The SMILES string of the molecule is [CH2-]N1CCc2c(ccnc2CN2CCCCC2)C1. The fourth-order valence-electron chi connectivity index (χ4n) is 3.09. The molecule has 2 aliphatic heterocycles. The number of hydrogen-bond acceptors (Lipinski definition) is 3. The maximum Gasteiger partial charge on any atom is 0.0579 e. The second kappa shape index (κ2) is 5.37. The van der Waals surface area contributed by atoms with Gasteiger partial charge in [-0.15, -0.1) is 0 Å². The van der Waals surface area contributed by atoms with E-state index >= 15 is 0 Å². The van der Waals surface area contributed by atoms with Crippen LogP contribution in [0, 0.1) is 7.05 Å². The summed E-state index contributed by atoms with van der Waals surface area (Å²) in [4.78, 5) is 9.33. The van der Waals surface area contributed by atoms with E-state index < -0.39 is 0 Å². The van der Waals surface area contributed by atoms with Gasteiger partial charge in [-0.3, -0.25) is 16.9 Å². The van der Waals surface area contributed by atoms with E-state index in [4.69, 9.17) is 0 Å². The lowest BCUT2D eigenvalue weighted by molar-refractivity contribution is 0.217. The zero-order valence-electron chi connectivity index (χ0n) is 11.1. The van der Waals surface area contributed by atoms with Crippen molar-refractivity contribution in [3.05, 3.63) is 36.1 Å². The minimum absolute atomic E-state index is 0.977. The van der Waals surface area contributed by atoms with Crippen LogP contribution in [0.25, 0.3) is 0 Å². The van der Waals surface area contributed by atoms with Crippen LogP contribution in [0.15, 0.2) is 12.3 Å². The molecule has 3 nitrogen and oxygen atoms in total. The Morgan fingerprint density at radius 3 is 2.83 bits per heavy atom. The molecule has 0 amide bonds. The maximum atomic E-state index is 4.63. The fraction of sp³-hybridized carbons (Fsp3) is 0.600. The van der Waals surface area contributed by atoms with E-state index in [1.165, 1.54) is 49.2 Å². The van der Waals surface area contributed by atoms with Crippen LogP contribution in [0.1, 0.15) is 36.1 Å². The van der Waals surface area contributed by atoms with Crippen LogP contribution < -0.4 is 0 Å². The molecule has 0 aromatic carbocycles. The number of piperidine rings is 1. The van der Waals surface area contributed by atoms with E-state index in [9.17, 15) is 0 Å². The minimum Gasteiger partial charge on any atom is -0.455 e. The summed E-state index contributed by atoms with van der Waals surface area (Å²) in [6.07, 6.45) is 7.17. The van der Waals surface area contributed by atoms with Gasteiger partial charge >= 0.3 is 0 Å².